The maximum absolute atomic E-state index is 13.8. The van der Waals surface area contributed by atoms with E-state index in [0.717, 1.165) is 13.8 Å². The molecule has 16 nitrogen and oxygen atoms in total. The van der Waals surface area contributed by atoms with Gasteiger partial charge in [-0.3, -0.25) is 29.1 Å². The molecule has 2 aromatic heterocycles. The van der Waals surface area contributed by atoms with Gasteiger partial charge in [-0.25, -0.2) is 14.7 Å². The largest absolute Gasteiger partial charge is 0.463 e. The lowest BCUT2D eigenvalue weighted by Gasteiger charge is -2.24. The summed E-state index contributed by atoms with van der Waals surface area (Å²) in [5, 5.41) is 2.47. The minimum atomic E-state index is -1.26. The number of hydrogen-bond donors (Lipinski definition) is 1. The molecule has 1 aliphatic rings. The van der Waals surface area contributed by atoms with Crippen LogP contribution in [0.1, 0.15) is 33.9 Å². The van der Waals surface area contributed by atoms with Crippen LogP contribution < -0.4 is 15.0 Å². The van der Waals surface area contributed by atoms with Gasteiger partial charge in [-0.15, -0.1) is 0 Å². The molecule has 4 aromatic rings. The third-order valence-corrected chi connectivity index (χ3v) is 6.69. The first-order valence-electron chi connectivity index (χ1n) is 14.3. The molecule has 2 amide bonds. The predicted octanol–water partition coefficient (Wildman–Crippen LogP) is 3.45. The molecule has 1 aliphatic heterocycles. The van der Waals surface area contributed by atoms with Gasteiger partial charge < -0.3 is 23.7 Å². The first kappa shape index (κ1) is 32.5. The Hall–Kier alpha value is -5.90. The minimum absolute atomic E-state index is 0.00520. The van der Waals surface area contributed by atoms with E-state index in [-0.39, 0.29) is 29.6 Å². The molecule has 2 aromatic carbocycles. The summed E-state index contributed by atoms with van der Waals surface area (Å²) in [6.45, 7) is 4.42. The zero-order chi connectivity index (χ0) is 33.7. The third-order valence-electron chi connectivity index (χ3n) is 6.69. The van der Waals surface area contributed by atoms with Gasteiger partial charge in [0.25, 0.3) is 5.88 Å². The number of para-hydroxylation sites is 2. The summed E-state index contributed by atoms with van der Waals surface area (Å²) in [7, 11) is 0. The van der Waals surface area contributed by atoms with Crippen LogP contribution >= 0.6 is 0 Å². The molecule has 0 bridgehead atoms. The lowest BCUT2D eigenvalue weighted by molar-refractivity contribution is -0.166. The SMILES string of the molecule is CC(=O)Nc1nc(OC(=O)N(c2ccccc2)c2ccccc2)c2ncn([C@@H]3O[C@H](COC(C)=O)[C@@H](OC(C)=O)[C@H]3OC(C)=O)c2n1. The molecule has 1 fully saturated rings. The number of imidazole rings is 1. The Morgan fingerprint density at radius 2 is 1.43 bits per heavy atom. The molecule has 1 N–H and O–H groups in total. The number of amides is 2. The van der Waals surface area contributed by atoms with Crippen molar-refractivity contribution in [3.05, 3.63) is 67.0 Å². The fraction of sp³-hybridized carbons (Fsp3) is 0.290. The summed E-state index contributed by atoms with van der Waals surface area (Å²) in [6.07, 6.45) is -4.34. The number of carbonyl (C=O) groups is 5. The summed E-state index contributed by atoms with van der Waals surface area (Å²) >= 11 is 0. The Kier molecular flexibility index (Phi) is 9.70. The standard InChI is InChI=1S/C31H30N6O10/c1-17(38)33-30-34-27-24(28(35-30)47-31(42)37(21-11-7-5-8-12-21)22-13-9-6-10-14-22)32-16-36(27)29-26(45-20(4)41)25(44-19(3)40)23(46-29)15-43-18(2)39/h5-14,16,23,25-26,29H,15H2,1-4H3,(H,33,34,35,38)/t23-,25-,26-,29-/m1/s1. The van der Waals surface area contributed by atoms with E-state index in [1.165, 1.54) is 29.6 Å². The normalized spacial score (nSPS) is 18.6. The number of nitrogens with zero attached hydrogens (tertiary/aromatic N) is 5. The van der Waals surface area contributed by atoms with Crippen LogP contribution in [0.3, 0.4) is 0 Å². The smallest absolute Gasteiger partial charge is 0.425 e. The van der Waals surface area contributed by atoms with E-state index < -0.39 is 54.4 Å². The zero-order valence-corrected chi connectivity index (χ0v) is 25.7. The van der Waals surface area contributed by atoms with E-state index >= 15 is 0 Å². The Balaban J connectivity index is 1.58. The van der Waals surface area contributed by atoms with Crippen LogP contribution in [0, 0.1) is 0 Å². The Labute approximate surface area is 267 Å². The lowest BCUT2D eigenvalue weighted by atomic mass is 10.1. The molecule has 0 aliphatic carbocycles. The molecule has 0 unspecified atom stereocenters. The number of esters is 3. The molecular formula is C31H30N6O10. The summed E-state index contributed by atoms with van der Waals surface area (Å²) in [6, 6.07) is 17.5. The average molecular weight is 647 g/mol. The number of ether oxygens (including phenoxy) is 5. The second-order valence-corrected chi connectivity index (χ2v) is 10.2. The second kappa shape index (κ2) is 14.0. The van der Waals surface area contributed by atoms with E-state index in [9.17, 15) is 24.0 Å². The molecule has 0 spiro atoms. The van der Waals surface area contributed by atoms with Crippen molar-refractivity contribution in [3.8, 4) is 5.88 Å². The maximum Gasteiger partial charge on any atom is 0.425 e. The molecule has 0 radical (unpaired) electrons. The van der Waals surface area contributed by atoms with Crippen molar-refractivity contribution in [1.82, 2.24) is 19.5 Å². The van der Waals surface area contributed by atoms with Gasteiger partial charge in [0.05, 0.1) is 17.7 Å². The number of rotatable bonds is 9. The van der Waals surface area contributed by atoms with Gasteiger partial charge in [0.2, 0.25) is 11.9 Å². The van der Waals surface area contributed by atoms with Crippen LogP contribution in [0.15, 0.2) is 67.0 Å². The van der Waals surface area contributed by atoms with E-state index in [2.05, 4.69) is 20.3 Å². The zero-order valence-electron chi connectivity index (χ0n) is 25.7. The number of carbonyl (C=O) groups excluding carboxylic acids is 5. The van der Waals surface area contributed by atoms with Crippen molar-refractivity contribution in [2.45, 2.75) is 52.2 Å². The van der Waals surface area contributed by atoms with Crippen molar-refractivity contribution in [1.29, 1.82) is 0 Å². The fourth-order valence-corrected chi connectivity index (χ4v) is 4.92. The highest BCUT2D eigenvalue weighted by molar-refractivity contribution is 5.98. The van der Waals surface area contributed by atoms with Crippen LogP contribution in [0.25, 0.3) is 11.2 Å². The Bertz CT molecular complexity index is 1760. The van der Waals surface area contributed by atoms with Crippen LogP contribution in [0.5, 0.6) is 5.88 Å². The molecule has 5 rings (SSSR count). The minimum Gasteiger partial charge on any atom is -0.463 e. The Morgan fingerprint density at radius 1 is 0.830 bits per heavy atom. The van der Waals surface area contributed by atoms with Crippen LogP contribution in [0.4, 0.5) is 22.1 Å². The highest BCUT2D eigenvalue weighted by Crippen LogP contribution is 2.37. The van der Waals surface area contributed by atoms with E-state index in [1.54, 1.807) is 60.7 Å². The number of hydrogen-bond acceptors (Lipinski definition) is 13. The maximum atomic E-state index is 13.8. The van der Waals surface area contributed by atoms with E-state index in [0.29, 0.717) is 11.4 Å². The van der Waals surface area contributed by atoms with Gasteiger partial charge in [-0.2, -0.15) is 9.97 Å². The lowest BCUT2D eigenvalue weighted by Crippen LogP contribution is -2.40. The van der Waals surface area contributed by atoms with Crippen LogP contribution in [-0.2, 0) is 38.1 Å². The summed E-state index contributed by atoms with van der Waals surface area (Å²) < 4.78 is 29.3. The first-order chi connectivity index (χ1) is 22.5. The van der Waals surface area contributed by atoms with Gasteiger partial charge in [-0.05, 0) is 24.3 Å². The monoisotopic (exact) mass is 646 g/mol. The second-order valence-electron chi connectivity index (χ2n) is 10.2. The van der Waals surface area contributed by atoms with E-state index in [4.69, 9.17) is 23.7 Å². The van der Waals surface area contributed by atoms with Crippen molar-refractivity contribution in [2.75, 3.05) is 16.8 Å². The van der Waals surface area contributed by atoms with Crippen molar-refractivity contribution in [2.24, 2.45) is 0 Å². The number of benzene rings is 2. The number of anilines is 3. The molecule has 4 atom stereocenters. The number of fused-ring (bicyclic) bond motifs is 1. The molecule has 16 heteroatoms. The van der Waals surface area contributed by atoms with Crippen LogP contribution in [0.2, 0.25) is 0 Å². The van der Waals surface area contributed by atoms with Crippen molar-refractivity contribution < 1.29 is 47.7 Å². The summed E-state index contributed by atoms with van der Waals surface area (Å²) in [5.74, 6) is -3.11. The van der Waals surface area contributed by atoms with Crippen LogP contribution in [-0.4, -0.2) is 74.3 Å². The molecule has 1 saturated heterocycles. The number of aromatic nitrogens is 4. The van der Waals surface area contributed by atoms with Gasteiger partial charge in [0, 0.05) is 27.7 Å². The molecule has 3 heterocycles. The van der Waals surface area contributed by atoms with Gasteiger partial charge in [0.1, 0.15) is 12.7 Å². The molecular weight excluding hydrogens is 616 g/mol. The summed E-state index contributed by atoms with van der Waals surface area (Å²) in [4.78, 5) is 75.9. The topological polar surface area (TPSA) is 190 Å². The van der Waals surface area contributed by atoms with E-state index in [1.807, 2.05) is 0 Å². The predicted molar refractivity (Wildman–Crippen MR) is 162 cm³/mol. The van der Waals surface area contributed by atoms with Gasteiger partial charge in [0.15, 0.2) is 29.6 Å². The molecule has 47 heavy (non-hydrogen) atoms. The highest BCUT2D eigenvalue weighted by Gasteiger charge is 2.51. The summed E-state index contributed by atoms with van der Waals surface area (Å²) in [5.41, 5.74) is 0.974. The number of nitrogens with one attached hydrogen (secondary N) is 1. The highest BCUT2D eigenvalue weighted by atomic mass is 16.7. The van der Waals surface area contributed by atoms with Gasteiger partial charge in [-0.1, -0.05) is 36.4 Å². The van der Waals surface area contributed by atoms with Crippen molar-refractivity contribution >= 4 is 58.4 Å². The quantitative estimate of drug-likeness (QED) is 0.206. The van der Waals surface area contributed by atoms with Gasteiger partial charge >= 0.3 is 24.0 Å². The average Bonchev–Trinajstić information content (AvgIpc) is 3.57. The fourth-order valence-electron chi connectivity index (χ4n) is 4.92. The molecule has 244 valence electrons. The van der Waals surface area contributed by atoms with Crippen molar-refractivity contribution in [3.63, 3.8) is 0 Å². The first-order valence-corrected chi connectivity index (χ1v) is 14.3. The molecule has 0 saturated carbocycles. The third kappa shape index (κ3) is 7.50. The Morgan fingerprint density at radius 3 is 1.98 bits per heavy atom.